The summed E-state index contributed by atoms with van der Waals surface area (Å²) in [4.78, 5) is 16.7. The molecular weight excluding hydrogens is 384 g/mol. The fraction of sp³-hybridized carbons (Fsp3) is 0.304. The van der Waals surface area contributed by atoms with Crippen molar-refractivity contribution >= 4 is 34.0 Å². The summed E-state index contributed by atoms with van der Waals surface area (Å²) in [7, 11) is 0. The molecule has 148 valence electrons. The zero-order valence-electron chi connectivity index (χ0n) is 16.3. The van der Waals surface area contributed by atoms with E-state index in [1.54, 1.807) is 0 Å². The van der Waals surface area contributed by atoms with Crippen LogP contribution in [0.15, 0.2) is 54.7 Å². The second-order valence-corrected chi connectivity index (χ2v) is 7.86. The van der Waals surface area contributed by atoms with Crippen LogP contribution < -0.4 is 9.80 Å². The van der Waals surface area contributed by atoms with Crippen molar-refractivity contribution < 1.29 is 9.69 Å². The minimum Gasteiger partial charge on any atom is -0.359 e. The van der Waals surface area contributed by atoms with Gasteiger partial charge in [0.05, 0.1) is 49.4 Å². The molecule has 1 saturated heterocycles. The molecule has 0 unspecified atom stereocenters. The van der Waals surface area contributed by atoms with Crippen molar-refractivity contribution in [1.82, 2.24) is 4.57 Å². The second kappa shape index (κ2) is 8.69. The number of carbonyl (C=O) groups is 1. The molecule has 4 rings (SSSR count). The van der Waals surface area contributed by atoms with E-state index in [4.69, 9.17) is 16.9 Å². The van der Waals surface area contributed by atoms with Crippen LogP contribution in [0.1, 0.15) is 16.8 Å². The predicted octanol–water partition coefficient (Wildman–Crippen LogP) is 2.80. The Labute approximate surface area is 175 Å². The van der Waals surface area contributed by atoms with Gasteiger partial charge < -0.3 is 14.4 Å². The number of fused-ring (bicyclic) bond motifs is 1. The minimum atomic E-state index is 0.165. The molecule has 2 aromatic carbocycles. The topological polar surface area (TPSA) is 53.5 Å². The maximum atomic E-state index is 13.1. The molecule has 0 amide bonds. The van der Waals surface area contributed by atoms with Gasteiger partial charge in [0.25, 0.3) is 0 Å². The van der Waals surface area contributed by atoms with E-state index in [-0.39, 0.29) is 5.78 Å². The minimum absolute atomic E-state index is 0.165. The molecule has 6 heteroatoms. The van der Waals surface area contributed by atoms with Crippen molar-refractivity contribution in [3.05, 3.63) is 65.3 Å². The van der Waals surface area contributed by atoms with E-state index in [1.807, 2.05) is 53.2 Å². The SMILES string of the molecule is N#CCCn1cc(C(=O)C[NH+]2CCN(c3ccccc3Cl)CC2)c2ccccc21. The number of nitrogens with one attached hydrogen (secondary N) is 1. The maximum Gasteiger partial charge on any atom is 0.219 e. The van der Waals surface area contributed by atoms with Crippen molar-refractivity contribution in [2.75, 3.05) is 37.6 Å². The van der Waals surface area contributed by atoms with Crippen LogP contribution in [0, 0.1) is 11.3 Å². The number of benzene rings is 2. The lowest BCUT2D eigenvalue weighted by Crippen LogP contribution is -3.15. The third-order valence-corrected chi connectivity index (χ3v) is 5.95. The number of anilines is 1. The lowest BCUT2D eigenvalue weighted by Gasteiger charge is -2.33. The molecule has 0 aliphatic carbocycles. The third-order valence-electron chi connectivity index (χ3n) is 5.63. The van der Waals surface area contributed by atoms with Gasteiger partial charge in [-0.15, -0.1) is 0 Å². The van der Waals surface area contributed by atoms with Crippen LogP contribution >= 0.6 is 11.6 Å². The number of aromatic nitrogens is 1. The van der Waals surface area contributed by atoms with Crippen LogP contribution in [-0.4, -0.2) is 43.1 Å². The van der Waals surface area contributed by atoms with Crippen molar-refractivity contribution in [1.29, 1.82) is 5.26 Å². The zero-order valence-corrected chi connectivity index (χ0v) is 17.0. The number of halogens is 1. The molecule has 0 bridgehead atoms. The van der Waals surface area contributed by atoms with Crippen LogP contribution in [-0.2, 0) is 6.54 Å². The van der Waals surface area contributed by atoms with Gasteiger partial charge in [-0.3, -0.25) is 4.79 Å². The van der Waals surface area contributed by atoms with Gasteiger partial charge in [0.15, 0.2) is 0 Å². The van der Waals surface area contributed by atoms with E-state index in [1.165, 1.54) is 4.90 Å². The molecule has 1 aliphatic heterocycles. The third kappa shape index (κ3) is 4.14. The molecule has 0 saturated carbocycles. The standard InChI is InChI=1S/C23H23ClN4O/c24-20-7-2-4-9-22(20)27-14-12-26(13-15-27)17-23(29)19-16-28(11-5-10-25)21-8-3-1-6-18(19)21/h1-4,6-9,16H,5,11-15,17H2/p+1. The first-order chi connectivity index (χ1) is 14.2. The number of hydrogen-bond donors (Lipinski definition) is 1. The summed E-state index contributed by atoms with van der Waals surface area (Å²) >= 11 is 6.33. The molecule has 2 heterocycles. The van der Waals surface area contributed by atoms with Gasteiger partial charge in [-0.25, -0.2) is 0 Å². The van der Waals surface area contributed by atoms with Gasteiger partial charge in [-0.05, 0) is 18.2 Å². The van der Waals surface area contributed by atoms with E-state index < -0.39 is 0 Å². The van der Waals surface area contributed by atoms with Crippen molar-refractivity contribution in [2.45, 2.75) is 13.0 Å². The Balaban J connectivity index is 1.44. The van der Waals surface area contributed by atoms with Gasteiger partial charge in [0.1, 0.15) is 6.54 Å². The first kappa shape index (κ1) is 19.5. The highest BCUT2D eigenvalue weighted by atomic mass is 35.5. The van der Waals surface area contributed by atoms with Crippen LogP contribution in [0.4, 0.5) is 5.69 Å². The van der Waals surface area contributed by atoms with E-state index in [2.05, 4.69) is 17.0 Å². The van der Waals surface area contributed by atoms with Crippen molar-refractivity contribution in [2.24, 2.45) is 0 Å². The average molecular weight is 408 g/mol. The first-order valence-electron chi connectivity index (χ1n) is 9.98. The summed E-state index contributed by atoms with van der Waals surface area (Å²) in [6, 6.07) is 18.0. The molecule has 3 aromatic rings. The van der Waals surface area contributed by atoms with Crippen LogP contribution in [0.2, 0.25) is 5.02 Å². The highest BCUT2D eigenvalue weighted by Gasteiger charge is 2.25. The van der Waals surface area contributed by atoms with Crippen LogP contribution in [0.5, 0.6) is 0 Å². The number of rotatable bonds is 6. The normalized spacial score (nSPS) is 14.8. The van der Waals surface area contributed by atoms with Crippen molar-refractivity contribution in [3.63, 3.8) is 0 Å². The zero-order chi connectivity index (χ0) is 20.2. The number of Topliss-reactive ketones (excluding diaryl/α,β-unsaturated/α-hetero) is 1. The highest BCUT2D eigenvalue weighted by molar-refractivity contribution is 6.33. The van der Waals surface area contributed by atoms with Crippen molar-refractivity contribution in [3.8, 4) is 6.07 Å². The Hall–Kier alpha value is -2.81. The molecule has 0 spiro atoms. The largest absolute Gasteiger partial charge is 0.359 e. The van der Waals surface area contributed by atoms with E-state index in [9.17, 15) is 4.79 Å². The monoisotopic (exact) mass is 407 g/mol. The fourth-order valence-corrected chi connectivity index (χ4v) is 4.35. The number of carbonyl (C=O) groups excluding carboxylic acids is 1. The molecule has 1 aromatic heterocycles. The maximum absolute atomic E-state index is 13.1. The number of aryl methyl sites for hydroxylation is 1. The van der Waals surface area contributed by atoms with Gasteiger partial charge in [0, 0.05) is 29.2 Å². The van der Waals surface area contributed by atoms with E-state index in [0.29, 0.717) is 19.5 Å². The van der Waals surface area contributed by atoms with Crippen LogP contribution in [0.25, 0.3) is 10.9 Å². The Kier molecular flexibility index (Phi) is 5.84. The number of nitriles is 1. The Morgan fingerprint density at radius 1 is 1.10 bits per heavy atom. The summed E-state index contributed by atoms with van der Waals surface area (Å²) < 4.78 is 2.02. The summed E-state index contributed by atoms with van der Waals surface area (Å²) in [5, 5.41) is 10.7. The summed E-state index contributed by atoms with van der Waals surface area (Å²) in [6.07, 6.45) is 2.35. The lowest BCUT2D eigenvalue weighted by atomic mass is 10.1. The number of hydrogen-bond acceptors (Lipinski definition) is 3. The summed E-state index contributed by atoms with van der Waals surface area (Å²) in [5.41, 5.74) is 2.85. The van der Waals surface area contributed by atoms with Gasteiger partial charge in [-0.2, -0.15) is 5.26 Å². The van der Waals surface area contributed by atoms with Crippen LogP contribution in [0.3, 0.4) is 0 Å². The number of para-hydroxylation sites is 2. The Bertz CT molecular complexity index is 1060. The fourth-order valence-electron chi connectivity index (χ4n) is 4.10. The highest BCUT2D eigenvalue weighted by Crippen LogP contribution is 2.25. The predicted molar refractivity (Wildman–Crippen MR) is 116 cm³/mol. The van der Waals surface area contributed by atoms with E-state index >= 15 is 0 Å². The second-order valence-electron chi connectivity index (χ2n) is 7.45. The summed E-state index contributed by atoms with van der Waals surface area (Å²) in [6.45, 7) is 4.68. The smallest absolute Gasteiger partial charge is 0.219 e. The number of piperazine rings is 1. The Morgan fingerprint density at radius 3 is 2.59 bits per heavy atom. The molecule has 29 heavy (non-hydrogen) atoms. The number of ketones is 1. The molecule has 0 radical (unpaired) electrons. The number of nitrogens with zero attached hydrogens (tertiary/aromatic N) is 3. The average Bonchev–Trinajstić information content (AvgIpc) is 3.12. The first-order valence-corrected chi connectivity index (χ1v) is 10.4. The quantitative estimate of drug-likeness (QED) is 0.639. The molecule has 5 nitrogen and oxygen atoms in total. The lowest BCUT2D eigenvalue weighted by molar-refractivity contribution is -0.892. The van der Waals surface area contributed by atoms with Gasteiger partial charge >= 0.3 is 0 Å². The molecule has 0 atom stereocenters. The molecular formula is C23H24ClN4O+. The molecule has 1 aliphatic rings. The number of quaternary nitrogens is 1. The van der Waals surface area contributed by atoms with Gasteiger partial charge in [-0.1, -0.05) is 41.9 Å². The molecule has 1 fully saturated rings. The van der Waals surface area contributed by atoms with Gasteiger partial charge in [0.2, 0.25) is 5.78 Å². The van der Waals surface area contributed by atoms with E-state index in [0.717, 1.165) is 53.4 Å². The molecule has 1 N–H and O–H groups in total. The summed E-state index contributed by atoms with van der Waals surface area (Å²) in [5.74, 6) is 0.165. The Morgan fingerprint density at radius 2 is 1.83 bits per heavy atom.